The van der Waals surface area contributed by atoms with Crippen molar-refractivity contribution < 1.29 is 9.47 Å². The quantitative estimate of drug-likeness (QED) is 0.373. The number of halogens is 2. The lowest BCUT2D eigenvalue weighted by Gasteiger charge is -2.25. The van der Waals surface area contributed by atoms with E-state index in [0.29, 0.717) is 22.4 Å². The molecular formula is C25H22Cl2N2O2. The molecule has 3 aromatic carbocycles. The molecule has 1 atom stereocenters. The summed E-state index contributed by atoms with van der Waals surface area (Å²) in [6.07, 6.45) is 1.01. The van der Waals surface area contributed by atoms with Crippen LogP contribution in [-0.4, -0.2) is 18.6 Å². The van der Waals surface area contributed by atoms with E-state index in [4.69, 9.17) is 32.7 Å². The second-order valence-electron chi connectivity index (χ2n) is 7.63. The molecule has 1 aromatic heterocycles. The molecule has 0 bridgehead atoms. The van der Waals surface area contributed by atoms with Gasteiger partial charge < -0.3 is 19.8 Å². The van der Waals surface area contributed by atoms with Gasteiger partial charge in [0, 0.05) is 33.7 Å². The van der Waals surface area contributed by atoms with Crippen molar-refractivity contribution in [3.63, 3.8) is 0 Å². The molecule has 0 saturated heterocycles. The van der Waals surface area contributed by atoms with Gasteiger partial charge in [0.05, 0.1) is 18.2 Å². The molecule has 2 heterocycles. The molecule has 1 aliphatic heterocycles. The second-order valence-corrected chi connectivity index (χ2v) is 8.48. The van der Waals surface area contributed by atoms with Crippen LogP contribution in [0.4, 0.5) is 0 Å². The third-order valence-electron chi connectivity index (χ3n) is 5.77. The van der Waals surface area contributed by atoms with E-state index in [1.54, 1.807) is 25.3 Å². The first-order valence-electron chi connectivity index (χ1n) is 10.2. The van der Waals surface area contributed by atoms with Gasteiger partial charge in [-0.2, -0.15) is 0 Å². The van der Waals surface area contributed by atoms with E-state index >= 15 is 0 Å². The summed E-state index contributed by atoms with van der Waals surface area (Å²) in [6.45, 7) is 1.27. The molecule has 0 radical (unpaired) electrons. The Labute approximate surface area is 191 Å². The summed E-state index contributed by atoms with van der Waals surface area (Å²) in [7, 11) is 1.67. The first-order chi connectivity index (χ1) is 15.1. The van der Waals surface area contributed by atoms with Gasteiger partial charge in [-0.05, 0) is 53.9 Å². The Bertz CT molecular complexity index is 1250. The minimum atomic E-state index is 0.0833. The van der Waals surface area contributed by atoms with Crippen LogP contribution in [0.25, 0.3) is 10.9 Å². The lowest BCUT2D eigenvalue weighted by atomic mass is 9.93. The summed E-state index contributed by atoms with van der Waals surface area (Å²) < 4.78 is 11.6. The van der Waals surface area contributed by atoms with Gasteiger partial charge in [-0.3, -0.25) is 0 Å². The number of H-pyrrole nitrogens is 1. The average molecular weight is 453 g/mol. The highest BCUT2D eigenvalue weighted by Gasteiger charge is 2.25. The van der Waals surface area contributed by atoms with Crippen LogP contribution in [0.15, 0.2) is 60.7 Å². The highest BCUT2D eigenvalue weighted by atomic mass is 35.5. The number of aromatic amines is 1. The van der Waals surface area contributed by atoms with E-state index in [1.165, 1.54) is 22.2 Å². The Morgan fingerprint density at radius 3 is 2.68 bits per heavy atom. The number of fused-ring (bicyclic) bond motifs is 3. The fourth-order valence-electron chi connectivity index (χ4n) is 4.30. The number of ether oxygens (including phenoxy) is 2. The van der Waals surface area contributed by atoms with Crippen LogP contribution in [0.3, 0.4) is 0 Å². The zero-order valence-corrected chi connectivity index (χ0v) is 18.6. The van der Waals surface area contributed by atoms with Gasteiger partial charge in [-0.1, -0.05) is 47.5 Å². The normalized spacial score (nSPS) is 15.6. The minimum Gasteiger partial charge on any atom is -0.496 e. The lowest BCUT2D eigenvalue weighted by molar-refractivity contribution is 0.296. The van der Waals surface area contributed by atoms with Crippen LogP contribution in [0.1, 0.15) is 28.4 Å². The van der Waals surface area contributed by atoms with Crippen LogP contribution < -0.4 is 14.8 Å². The molecule has 0 fully saturated rings. The number of aromatic nitrogens is 1. The summed E-state index contributed by atoms with van der Waals surface area (Å²) in [5, 5.41) is 6.03. The van der Waals surface area contributed by atoms with Crippen molar-refractivity contribution in [3.05, 3.63) is 93.1 Å². The Morgan fingerprint density at radius 1 is 1.00 bits per heavy atom. The molecule has 4 nitrogen and oxygen atoms in total. The van der Waals surface area contributed by atoms with Crippen LogP contribution in [0, 0.1) is 0 Å². The fraction of sp³-hybridized carbons (Fsp3) is 0.200. The predicted molar refractivity (Wildman–Crippen MR) is 126 cm³/mol. The topological polar surface area (TPSA) is 46.3 Å². The number of nitrogens with one attached hydrogen (secondary N) is 2. The minimum absolute atomic E-state index is 0.0833. The molecule has 0 saturated carbocycles. The summed E-state index contributed by atoms with van der Waals surface area (Å²) in [6, 6.07) is 20.0. The van der Waals surface area contributed by atoms with Gasteiger partial charge in [0.15, 0.2) is 0 Å². The van der Waals surface area contributed by atoms with E-state index in [0.717, 1.165) is 29.8 Å². The van der Waals surface area contributed by atoms with Gasteiger partial charge >= 0.3 is 0 Å². The molecule has 0 spiro atoms. The number of hydrogen-bond donors (Lipinski definition) is 2. The summed E-state index contributed by atoms with van der Waals surface area (Å²) in [5.41, 5.74) is 5.91. The monoisotopic (exact) mass is 452 g/mol. The summed E-state index contributed by atoms with van der Waals surface area (Å²) in [4.78, 5) is 3.63. The van der Waals surface area contributed by atoms with E-state index in [1.807, 2.05) is 6.07 Å². The highest BCUT2D eigenvalue weighted by molar-refractivity contribution is 6.35. The molecule has 1 aliphatic rings. The molecule has 2 N–H and O–H groups in total. The molecule has 4 aromatic rings. The van der Waals surface area contributed by atoms with Crippen LogP contribution in [-0.2, 0) is 13.0 Å². The van der Waals surface area contributed by atoms with E-state index < -0.39 is 0 Å². The predicted octanol–water partition coefficient (Wildman–Crippen LogP) is 6.30. The van der Waals surface area contributed by atoms with Crippen molar-refractivity contribution in [2.75, 3.05) is 13.7 Å². The average Bonchev–Trinajstić information content (AvgIpc) is 3.17. The Kier molecular flexibility index (Phi) is 5.53. The van der Waals surface area contributed by atoms with Crippen molar-refractivity contribution in [3.8, 4) is 11.5 Å². The standard InChI is InChI=1S/C25H22Cl2N2O2/c1-30-22-8-6-15(12-16(22)14-31-23-9-7-17(26)13-20(23)27)24-25-19(10-11-28-24)18-4-2-3-5-21(18)29-25/h2-9,12-13,24,28-29H,10-11,14H2,1H3/t24-/m0/s1. The van der Waals surface area contributed by atoms with Crippen LogP contribution in [0.2, 0.25) is 10.0 Å². The molecular weight excluding hydrogens is 431 g/mol. The highest BCUT2D eigenvalue weighted by Crippen LogP contribution is 2.35. The first-order valence-corrected chi connectivity index (χ1v) is 11.0. The zero-order valence-electron chi connectivity index (χ0n) is 17.0. The van der Waals surface area contributed by atoms with E-state index in [9.17, 15) is 0 Å². The third-order valence-corrected chi connectivity index (χ3v) is 6.30. The number of para-hydroxylation sites is 1. The van der Waals surface area contributed by atoms with Crippen molar-refractivity contribution in [1.29, 1.82) is 0 Å². The van der Waals surface area contributed by atoms with Gasteiger partial charge in [0.25, 0.3) is 0 Å². The SMILES string of the molecule is COc1ccc([C@@H]2NCCc3c2[nH]c2ccccc32)cc1COc1ccc(Cl)cc1Cl. The maximum Gasteiger partial charge on any atom is 0.138 e. The van der Waals surface area contributed by atoms with Crippen molar-refractivity contribution >= 4 is 34.1 Å². The van der Waals surface area contributed by atoms with Crippen molar-refractivity contribution in [2.24, 2.45) is 0 Å². The van der Waals surface area contributed by atoms with Gasteiger partial charge in [-0.15, -0.1) is 0 Å². The summed E-state index contributed by atoms with van der Waals surface area (Å²) in [5.74, 6) is 1.37. The Morgan fingerprint density at radius 2 is 1.84 bits per heavy atom. The van der Waals surface area contributed by atoms with Crippen LogP contribution in [0.5, 0.6) is 11.5 Å². The Hall–Kier alpha value is -2.66. The maximum atomic E-state index is 6.26. The van der Waals surface area contributed by atoms with Crippen molar-refractivity contribution in [2.45, 2.75) is 19.1 Å². The molecule has 5 rings (SSSR count). The molecule has 0 aliphatic carbocycles. The molecule has 0 amide bonds. The zero-order chi connectivity index (χ0) is 21.4. The second kappa shape index (κ2) is 8.46. The smallest absolute Gasteiger partial charge is 0.138 e. The summed E-state index contributed by atoms with van der Waals surface area (Å²) >= 11 is 12.3. The first kappa shape index (κ1) is 20.3. The van der Waals surface area contributed by atoms with Crippen molar-refractivity contribution in [1.82, 2.24) is 10.3 Å². The Balaban J connectivity index is 1.47. The fourth-order valence-corrected chi connectivity index (χ4v) is 4.77. The van der Waals surface area contributed by atoms with Gasteiger partial charge in [0.1, 0.15) is 18.1 Å². The van der Waals surface area contributed by atoms with Crippen LogP contribution >= 0.6 is 23.2 Å². The van der Waals surface area contributed by atoms with Gasteiger partial charge in [-0.25, -0.2) is 0 Å². The lowest BCUT2D eigenvalue weighted by Crippen LogP contribution is -2.30. The number of methoxy groups -OCH3 is 1. The largest absolute Gasteiger partial charge is 0.496 e. The van der Waals surface area contributed by atoms with Gasteiger partial charge in [0.2, 0.25) is 0 Å². The number of hydrogen-bond acceptors (Lipinski definition) is 3. The van der Waals surface area contributed by atoms with E-state index in [-0.39, 0.29) is 6.04 Å². The number of rotatable bonds is 5. The molecule has 31 heavy (non-hydrogen) atoms. The van der Waals surface area contributed by atoms with E-state index in [2.05, 4.69) is 46.7 Å². The molecule has 6 heteroatoms. The molecule has 158 valence electrons. The number of benzene rings is 3. The maximum absolute atomic E-state index is 6.26. The molecule has 0 unspecified atom stereocenters. The third kappa shape index (κ3) is 3.87.